The smallest absolute Gasteiger partial charge is 0.175 e. The average molecular weight is 479 g/mol. The number of benzene rings is 2. The van der Waals surface area contributed by atoms with Crippen molar-refractivity contribution in [3.8, 4) is 0 Å². The van der Waals surface area contributed by atoms with Gasteiger partial charge in [0, 0.05) is 26.4 Å². The molecule has 0 radical (unpaired) electrons. The summed E-state index contributed by atoms with van der Waals surface area (Å²) in [5, 5.41) is 0.259. The van der Waals surface area contributed by atoms with Crippen LogP contribution in [0.15, 0.2) is 48.5 Å². The van der Waals surface area contributed by atoms with Gasteiger partial charge in [-0.15, -0.1) is 0 Å². The van der Waals surface area contributed by atoms with E-state index < -0.39 is 0 Å². The molecule has 136 valence electrons. The predicted octanol–water partition coefficient (Wildman–Crippen LogP) is 4.20. The van der Waals surface area contributed by atoms with Crippen LogP contribution >= 0.6 is 34.8 Å². The Labute approximate surface area is 173 Å². The van der Waals surface area contributed by atoms with Crippen LogP contribution < -0.4 is 10.6 Å². The quantitative estimate of drug-likeness (QED) is 0.405. The number of thiocarbonyl (C=S) groups is 1. The summed E-state index contributed by atoms with van der Waals surface area (Å²) in [7, 11) is 2.10. The van der Waals surface area contributed by atoms with Crippen LogP contribution in [0, 0.1) is 9.49 Å². The number of carbonyl (C=O) groups is 1. The van der Waals surface area contributed by atoms with Gasteiger partial charge >= 0.3 is 0 Å². The highest BCUT2D eigenvalue weighted by molar-refractivity contribution is 14.1. The van der Waals surface area contributed by atoms with Crippen molar-refractivity contribution in [1.82, 2.24) is 4.90 Å². The molecule has 0 saturated carbocycles. The first-order valence-electron chi connectivity index (χ1n) is 8.63. The molecule has 1 fully saturated rings. The van der Waals surface area contributed by atoms with Crippen LogP contribution in [-0.4, -0.2) is 35.9 Å². The molecule has 4 nitrogen and oxygen atoms in total. The molecule has 0 unspecified atom stereocenters. The Morgan fingerprint density at radius 2 is 1.81 bits per heavy atom. The largest absolute Gasteiger partial charge is 0.376 e. The van der Waals surface area contributed by atoms with E-state index in [4.69, 9.17) is 18.0 Å². The fourth-order valence-corrected chi connectivity index (χ4v) is 3.87. The molecule has 2 aromatic carbocycles. The zero-order valence-electron chi connectivity index (χ0n) is 14.7. The van der Waals surface area contributed by atoms with Crippen molar-refractivity contribution in [1.29, 1.82) is 0 Å². The third-order valence-corrected chi connectivity index (χ3v) is 5.69. The molecular weight excluding hydrogens is 457 g/mol. The molecule has 2 aromatic rings. The minimum atomic E-state index is 0.0954. The van der Waals surface area contributed by atoms with Crippen molar-refractivity contribution in [2.24, 2.45) is 11.7 Å². The van der Waals surface area contributed by atoms with Crippen LogP contribution in [0.4, 0.5) is 11.4 Å². The lowest BCUT2D eigenvalue weighted by Gasteiger charge is -2.28. The van der Waals surface area contributed by atoms with Crippen LogP contribution in [0.3, 0.4) is 0 Å². The van der Waals surface area contributed by atoms with Crippen molar-refractivity contribution in [2.45, 2.75) is 12.8 Å². The van der Waals surface area contributed by atoms with E-state index in [1.807, 2.05) is 48.5 Å². The molecule has 6 heteroatoms. The second-order valence-electron chi connectivity index (χ2n) is 6.64. The molecule has 3 rings (SSSR count). The number of Topliss-reactive ketones (excluding diaryl/α,β-unsaturated/α-hetero) is 1. The monoisotopic (exact) mass is 479 g/mol. The Morgan fingerprint density at radius 3 is 2.42 bits per heavy atom. The third-order valence-electron chi connectivity index (χ3n) is 4.78. The summed E-state index contributed by atoms with van der Waals surface area (Å²) in [4.78, 5) is 17.0. The topological polar surface area (TPSA) is 49.6 Å². The van der Waals surface area contributed by atoms with Crippen molar-refractivity contribution in [2.75, 3.05) is 25.0 Å². The summed E-state index contributed by atoms with van der Waals surface area (Å²) in [6.45, 7) is 1.94. The maximum Gasteiger partial charge on any atom is 0.175 e. The Kier molecular flexibility index (Phi) is 6.26. The lowest BCUT2D eigenvalue weighted by atomic mass is 9.89. The highest BCUT2D eigenvalue weighted by atomic mass is 127. The number of nitrogens with two attached hydrogens (primary N) is 1. The minimum absolute atomic E-state index is 0.0954. The second-order valence-corrected chi connectivity index (χ2v) is 8.31. The first kappa shape index (κ1) is 19.3. The fraction of sp³-hybridized carbons (Fsp3) is 0.300. The van der Waals surface area contributed by atoms with Crippen molar-refractivity contribution >= 4 is 57.1 Å². The van der Waals surface area contributed by atoms with E-state index in [0.29, 0.717) is 0 Å². The zero-order chi connectivity index (χ0) is 18.7. The molecule has 1 saturated heterocycles. The zero-order valence-corrected chi connectivity index (χ0v) is 17.7. The number of anilines is 2. The lowest BCUT2D eigenvalue weighted by Crippen LogP contribution is -2.34. The molecule has 0 aromatic heterocycles. The second kappa shape index (κ2) is 8.45. The number of halogens is 1. The van der Waals surface area contributed by atoms with Gasteiger partial charge in [-0.2, -0.15) is 0 Å². The van der Waals surface area contributed by atoms with Gasteiger partial charge in [-0.3, -0.25) is 9.69 Å². The molecule has 0 atom stereocenters. The number of nitrogens with zero attached hydrogens (tertiary/aromatic N) is 2. The van der Waals surface area contributed by atoms with Gasteiger partial charge in [-0.25, -0.2) is 0 Å². The summed E-state index contributed by atoms with van der Waals surface area (Å²) in [5.74, 6) is 0.309. The maximum absolute atomic E-state index is 12.9. The highest BCUT2D eigenvalue weighted by Crippen LogP contribution is 2.28. The lowest BCUT2D eigenvalue weighted by molar-refractivity contribution is 0.0857. The maximum atomic E-state index is 12.9. The van der Waals surface area contributed by atoms with E-state index in [-0.39, 0.29) is 16.8 Å². The summed E-state index contributed by atoms with van der Waals surface area (Å²) < 4.78 is 1.14. The molecule has 0 bridgehead atoms. The molecule has 1 heterocycles. The van der Waals surface area contributed by atoms with Crippen LogP contribution in [0.1, 0.15) is 23.2 Å². The molecule has 2 N–H and O–H groups in total. The first-order valence-corrected chi connectivity index (χ1v) is 10.1. The summed E-state index contributed by atoms with van der Waals surface area (Å²) in [5.41, 5.74) is 8.42. The van der Waals surface area contributed by atoms with Gasteiger partial charge in [0.05, 0.1) is 0 Å². The van der Waals surface area contributed by atoms with Gasteiger partial charge in [0.1, 0.15) is 0 Å². The Bertz CT molecular complexity index is 801. The van der Waals surface area contributed by atoms with E-state index in [1.165, 1.54) is 0 Å². The van der Waals surface area contributed by atoms with E-state index in [9.17, 15) is 4.79 Å². The van der Waals surface area contributed by atoms with Gasteiger partial charge in [0.15, 0.2) is 10.9 Å². The van der Waals surface area contributed by atoms with Crippen LogP contribution in [0.5, 0.6) is 0 Å². The Balaban J connectivity index is 1.88. The molecular formula is C20H22IN3OS. The predicted molar refractivity (Wildman–Crippen MR) is 119 cm³/mol. The number of ketones is 1. The standard InChI is InChI=1S/C20H22IN3OS/c1-23-11-9-14(10-12-23)19(25)15-3-2-4-18(13-15)24(20(22)26)17-7-5-16(21)6-8-17/h2-8,13-14H,9-12H2,1H3,(H2,22,26). The molecule has 1 aliphatic rings. The first-order chi connectivity index (χ1) is 12.5. The number of rotatable bonds is 4. The SMILES string of the molecule is CN1CCC(C(=O)c2cccc(N(C(N)=S)c3ccc(I)cc3)c2)CC1. The van der Waals surface area contributed by atoms with Crippen molar-refractivity contribution in [3.05, 3.63) is 57.7 Å². The van der Waals surface area contributed by atoms with Crippen LogP contribution in [0.2, 0.25) is 0 Å². The number of likely N-dealkylation sites (tertiary alicyclic amines) is 1. The highest BCUT2D eigenvalue weighted by Gasteiger charge is 2.25. The Morgan fingerprint density at radius 1 is 1.15 bits per heavy atom. The Hall–Kier alpha value is -1.51. The van der Waals surface area contributed by atoms with Gasteiger partial charge in [-0.05, 0) is 104 Å². The van der Waals surface area contributed by atoms with Crippen LogP contribution in [0.25, 0.3) is 0 Å². The van der Waals surface area contributed by atoms with E-state index in [2.05, 4.69) is 34.5 Å². The summed E-state index contributed by atoms with van der Waals surface area (Å²) in [6, 6.07) is 15.6. The molecule has 1 aliphatic heterocycles. The minimum Gasteiger partial charge on any atom is -0.376 e. The van der Waals surface area contributed by atoms with E-state index in [0.717, 1.165) is 46.4 Å². The number of hydrogen-bond donors (Lipinski definition) is 1. The molecule has 0 amide bonds. The molecule has 26 heavy (non-hydrogen) atoms. The molecule has 0 aliphatic carbocycles. The van der Waals surface area contributed by atoms with Crippen LogP contribution in [-0.2, 0) is 0 Å². The number of carbonyl (C=O) groups excluding carboxylic acids is 1. The summed E-state index contributed by atoms with van der Waals surface area (Å²) in [6.07, 6.45) is 1.82. The van der Waals surface area contributed by atoms with Crippen molar-refractivity contribution in [3.63, 3.8) is 0 Å². The molecule has 0 spiro atoms. The van der Waals surface area contributed by atoms with Crippen molar-refractivity contribution < 1.29 is 4.79 Å². The third kappa shape index (κ3) is 4.42. The van der Waals surface area contributed by atoms with Gasteiger partial charge < -0.3 is 10.6 Å². The number of hydrogen-bond acceptors (Lipinski definition) is 3. The number of piperidine rings is 1. The van der Waals surface area contributed by atoms with E-state index in [1.54, 1.807) is 4.90 Å². The normalized spacial score (nSPS) is 15.6. The summed E-state index contributed by atoms with van der Waals surface area (Å²) >= 11 is 7.53. The van der Waals surface area contributed by atoms with Gasteiger partial charge in [0.25, 0.3) is 0 Å². The average Bonchev–Trinajstić information content (AvgIpc) is 2.63. The van der Waals surface area contributed by atoms with Gasteiger partial charge in [0.2, 0.25) is 0 Å². The fourth-order valence-electron chi connectivity index (χ4n) is 3.30. The van der Waals surface area contributed by atoms with Gasteiger partial charge in [-0.1, -0.05) is 12.1 Å². The van der Waals surface area contributed by atoms with E-state index >= 15 is 0 Å².